The maximum absolute atomic E-state index is 13.1. The van der Waals surface area contributed by atoms with Crippen LogP contribution in [0.1, 0.15) is 48.9 Å². The molecule has 0 radical (unpaired) electrons. The minimum atomic E-state index is -0.144. The molecule has 0 aliphatic carbocycles. The summed E-state index contributed by atoms with van der Waals surface area (Å²) in [6.07, 6.45) is 4.79. The summed E-state index contributed by atoms with van der Waals surface area (Å²) in [4.78, 5) is 15.6. The standard InChI is InChI=1S/C25H32N4O3/c1-18-7-4-5-15-28(18)16-6-14-26-25(30)23-17-22(24-13-8-19(2)32-24)27-29(23)20-9-11-21(31-3)12-10-20/h8-13,17-18H,4-7,14-16H2,1-3H3,(H,26,30). The number of methoxy groups -OCH3 is 1. The third-order valence-electron chi connectivity index (χ3n) is 6.10. The minimum absolute atomic E-state index is 0.144. The molecule has 0 saturated carbocycles. The molecule has 3 heterocycles. The van der Waals surface area contributed by atoms with Gasteiger partial charge < -0.3 is 19.4 Å². The van der Waals surface area contributed by atoms with E-state index >= 15 is 0 Å². The zero-order chi connectivity index (χ0) is 22.5. The molecule has 0 bridgehead atoms. The van der Waals surface area contributed by atoms with Crippen LogP contribution in [-0.4, -0.2) is 53.4 Å². The molecule has 1 fully saturated rings. The number of hydrogen-bond acceptors (Lipinski definition) is 5. The van der Waals surface area contributed by atoms with Crippen LogP contribution in [0.3, 0.4) is 0 Å². The predicted octanol–water partition coefficient (Wildman–Crippen LogP) is 4.44. The summed E-state index contributed by atoms with van der Waals surface area (Å²) in [7, 11) is 1.63. The molecule has 170 valence electrons. The Kier molecular flexibility index (Phi) is 6.95. The molecule has 1 N–H and O–H groups in total. The molecule has 32 heavy (non-hydrogen) atoms. The summed E-state index contributed by atoms with van der Waals surface area (Å²) in [5.41, 5.74) is 1.89. The number of amides is 1. The normalized spacial score (nSPS) is 16.8. The molecule has 3 aromatic rings. The number of aromatic nitrogens is 2. The molecule has 1 atom stereocenters. The summed E-state index contributed by atoms with van der Waals surface area (Å²) < 4.78 is 12.6. The van der Waals surface area contributed by atoms with E-state index in [2.05, 4.69) is 22.2 Å². The van der Waals surface area contributed by atoms with E-state index in [0.717, 1.165) is 36.7 Å². The minimum Gasteiger partial charge on any atom is -0.497 e. The number of hydrogen-bond donors (Lipinski definition) is 1. The van der Waals surface area contributed by atoms with Gasteiger partial charge in [0, 0.05) is 25.2 Å². The van der Waals surface area contributed by atoms with Gasteiger partial charge in [0.15, 0.2) is 5.76 Å². The molecule has 1 aromatic carbocycles. The van der Waals surface area contributed by atoms with Crippen molar-refractivity contribution in [1.29, 1.82) is 0 Å². The van der Waals surface area contributed by atoms with Crippen molar-refractivity contribution in [3.63, 3.8) is 0 Å². The lowest BCUT2D eigenvalue weighted by Crippen LogP contribution is -2.39. The molecule has 1 aliphatic heterocycles. The van der Waals surface area contributed by atoms with Crippen molar-refractivity contribution in [2.75, 3.05) is 26.7 Å². The van der Waals surface area contributed by atoms with E-state index in [4.69, 9.17) is 9.15 Å². The first-order chi connectivity index (χ1) is 15.5. The van der Waals surface area contributed by atoms with Gasteiger partial charge in [0.25, 0.3) is 5.91 Å². The summed E-state index contributed by atoms with van der Waals surface area (Å²) in [6.45, 7) is 6.98. The topological polar surface area (TPSA) is 72.5 Å². The van der Waals surface area contributed by atoms with Crippen molar-refractivity contribution in [1.82, 2.24) is 20.0 Å². The molecular weight excluding hydrogens is 404 g/mol. The van der Waals surface area contributed by atoms with E-state index in [1.807, 2.05) is 43.3 Å². The van der Waals surface area contributed by atoms with Crippen LogP contribution in [0, 0.1) is 6.92 Å². The summed E-state index contributed by atoms with van der Waals surface area (Å²) in [5.74, 6) is 2.05. The molecule has 7 nitrogen and oxygen atoms in total. The van der Waals surface area contributed by atoms with E-state index < -0.39 is 0 Å². The second-order valence-corrected chi connectivity index (χ2v) is 8.43. The highest BCUT2D eigenvalue weighted by Gasteiger charge is 2.20. The predicted molar refractivity (Wildman–Crippen MR) is 124 cm³/mol. The zero-order valence-electron chi connectivity index (χ0n) is 19.1. The highest BCUT2D eigenvalue weighted by Crippen LogP contribution is 2.25. The number of aryl methyl sites for hydroxylation is 1. The van der Waals surface area contributed by atoms with Gasteiger partial charge >= 0.3 is 0 Å². The van der Waals surface area contributed by atoms with Crippen molar-refractivity contribution in [3.05, 3.63) is 53.9 Å². The smallest absolute Gasteiger partial charge is 0.270 e. The second kappa shape index (κ2) is 10.0. The average Bonchev–Trinajstić information content (AvgIpc) is 3.44. The fraction of sp³-hybridized carbons (Fsp3) is 0.440. The van der Waals surface area contributed by atoms with Crippen LogP contribution in [0.25, 0.3) is 17.1 Å². The Morgan fingerprint density at radius 3 is 2.72 bits per heavy atom. The molecule has 7 heteroatoms. The van der Waals surface area contributed by atoms with Gasteiger partial charge in [-0.25, -0.2) is 4.68 Å². The maximum Gasteiger partial charge on any atom is 0.270 e. The van der Waals surface area contributed by atoms with Crippen LogP contribution >= 0.6 is 0 Å². The number of piperidine rings is 1. The van der Waals surface area contributed by atoms with Gasteiger partial charge in [0.05, 0.1) is 12.8 Å². The van der Waals surface area contributed by atoms with Crippen molar-refractivity contribution in [2.24, 2.45) is 0 Å². The van der Waals surface area contributed by atoms with Crippen LogP contribution < -0.4 is 10.1 Å². The first kappa shape index (κ1) is 22.1. The van der Waals surface area contributed by atoms with Gasteiger partial charge in [-0.3, -0.25) is 4.79 Å². The van der Waals surface area contributed by atoms with Gasteiger partial charge in [0.2, 0.25) is 0 Å². The average molecular weight is 437 g/mol. The Morgan fingerprint density at radius 2 is 2.03 bits per heavy atom. The van der Waals surface area contributed by atoms with E-state index in [1.54, 1.807) is 17.9 Å². The Hall–Kier alpha value is -3.06. The molecular formula is C25H32N4O3. The van der Waals surface area contributed by atoms with Gasteiger partial charge in [-0.05, 0) is 76.1 Å². The first-order valence-corrected chi connectivity index (χ1v) is 11.4. The molecule has 1 amide bonds. The van der Waals surface area contributed by atoms with E-state index in [0.29, 0.717) is 29.7 Å². The van der Waals surface area contributed by atoms with Crippen LogP contribution in [0.2, 0.25) is 0 Å². The number of rotatable bonds is 8. The van der Waals surface area contributed by atoms with Gasteiger partial charge in [-0.15, -0.1) is 0 Å². The second-order valence-electron chi connectivity index (χ2n) is 8.43. The zero-order valence-corrected chi connectivity index (χ0v) is 19.1. The van der Waals surface area contributed by atoms with Crippen LogP contribution in [-0.2, 0) is 0 Å². The Bertz CT molecular complexity index is 1040. The van der Waals surface area contributed by atoms with Crippen LogP contribution in [0.15, 0.2) is 46.9 Å². The number of carbonyl (C=O) groups is 1. The molecule has 1 saturated heterocycles. The monoisotopic (exact) mass is 436 g/mol. The molecule has 1 aliphatic rings. The number of likely N-dealkylation sites (tertiary alicyclic amines) is 1. The van der Waals surface area contributed by atoms with Crippen molar-refractivity contribution >= 4 is 5.91 Å². The largest absolute Gasteiger partial charge is 0.497 e. The van der Waals surface area contributed by atoms with Crippen molar-refractivity contribution < 1.29 is 13.9 Å². The molecule has 0 spiro atoms. The fourth-order valence-electron chi connectivity index (χ4n) is 4.22. The van der Waals surface area contributed by atoms with Crippen molar-refractivity contribution in [3.8, 4) is 22.9 Å². The highest BCUT2D eigenvalue weighted by atomic mass is 16.5. The maximum atomic E-state index is 13.1. The van der Waals surface area contributed by atoms with Gasteiger partial charge in [-0.2, -0.15) is 5.10 Å². The number of nitrogens with one attached hydrogen (secondary N) is 1. The van der Waals surface area contributed by atoms with Crippen LogP contribution in [0.4, 0.5) is 0 Å². The number of ether oxygens (including phenoxy) is 1. The number of nitrogens with zero attached hydrogens (tertiary/aromatic N) is 3. The third kappa shape index (κ3) is 5.05. The Labute approximate surface area is 189 Å². The Morgan fingerprint density at radius 1 is 1.22 bits per heavy atom. The van der Waals surface area contributed by atoms with Crippen LogP contribution in [0.5, 0.6) is 5.75 Å². The number of furan rings is 1. The molecule has 4 rings (SSSR count). The number of carbonyl (C=O) groups excluding carboxylic acids is 1. The Balaban J connectivity index is 1.49. The fourth-order valence-corrected chi connectivity index (χ4v) is 4.22. The van der Waals surface area contributed by atoms with E-state index in [1.165, 1.54) is 19.3 Å². The first-order valence-electron chi connectivity index (χ1n) is 11.4. The SMILES string of the molecule is COc1ccc(-n2nc(-c3ccc(C)o3)cc2C(=O)NCCCN2CCCCC2C)cc1. The lowest BCUT2D eigenvalue weighted by atomic mass is 10.0. The summed E-state index contributed by atoms with van der Waals surface area (Å²) in [5, 5.41) is 7.74. The quantitative estimate of drug-likeness (QED) is 0.529. The third-order valence-corrected chi connectivity index (χ3v) is 6.10. The van der Waals surface area contributed by atoms with Gasteiger partial charge in [-0.1, -0.05) is 6.42 Å². The van der Waals surface area contributed by atoms with Gasteiger partial charge in [0.1, 0.15) is 22.9 Å². The summed E-state index contributed by atoms with van der Waals surface area (Å²) in [6, 6.07) is 13.7. The lowest BCUT2D eigenvalue weighted by molar-refractivity contribution is 0.0941. The van der Waals surface area contributed by atoms with Crippen molar-refractivity contribution in [2.45, 2.75) is 45.6 Å². The number of benzene rings is 1. The lowest BCUT2D eigenvalue weighted by Gasteiger charge is -2.33. The van der Waals surface area contributed by atoms with E-state index in [-0.39, 0.29) is 5.91 Å². The summed E-state index contributed by atoms with van der Waals surface area (Å²) >= 11 is 0. The highest BCUT2D eigenvalue weighted by molar-refractivity contribution is 5.94. The molecule has 2 aromatic heterocycles. The van der Waals surface area contributed by atoms with E-state index in [9.17, 15) is 4.79 Å². The molecule has 1 unspecified atom stereocenters.